The molecule has 2 aromatic carbocycles. The maximum absolute atomic E-state index is 12.8. The summed E-state index contributed by atoms with van der Waals surface area (Å²) in [6.45, 7) is 3.59. The van der Waals surface area contributed by atoms with Gasteiger partial charge in [-0.1, -0.05) is 43.3 Å². The van der Waals surface area contributed by atoms with Gasteiger partial charge in [0.15, 0.2) is 0 Å². The molecule has 0 saturated heterocycles. The molecule has 0 radical (unpaired) electrons. The molecule has 0 unspecified atom stereocenters. The van der Waals surface area contributed by atoms with Crippen molar-refractivity contribution in [3.8, 4) is 17.3 Å². The smallest absolute Gasteiger partial charge is 0.345 e. The Hall–Kier alpha value is -2.53. The lowest BCUT2D eigenvalue weighted by atomic mass is 10.2. The third-order valence-electron chi connectivity index (χ3n) is 3.73. The van der Waals surface area contributed by atoms with Crippen molar-refractivity contribution in [3.63, 3.8) is 0 Å². The molecule has 0 N–H and O–H groups in total. The summed E-state index contributed by atoms with van der Waals surface area (Å²) in [4.78, 5) is 12.8. The molecule has 4 nitrogen and oxygen atoms in total. The van der Waals surface area contributed by atoms with E-state index < -0.39 is 0 Å². The number of benzene rings is 2. The monoisotopic (exact) mass is 338 g/mol. The van der Waals surface area contributed by atoms with Gasteiger partial charge in [0, 0.05) is 5.75 Å². The first kappa shape index (κ1) is 16.3. The van der Waals surface area contributed by atoms with E-state index in [0.717, 1.165) is 17.1 Å². The molecule has 0 fully saturated rings. The van der Waals surface area contributed by atoms with Gasteiger partial charge in [-0.05, 0) is 43.0 Å². The number of para-hydroxylation sites is 2. The van der Waals surface area contributed by atoms with E-state index in [1.165, 1.54) is 11.8 Å². The van der Waals surface area contributed by atoms with Crippen molar-refractivity contribution in [1.82, 2.24) is 4.57 Å². The van der Waals surface area contributed by atoms with Crippen LogP contribution in [0, 0.1) is 6.92 Å². The molecule has 122 valence electrons. The zero-order chi connectivity index (χ0) is 17.1. The van der Waals surface area contributed by atoms with E-state index >= 15 is 0 Å². The summed E-state index contributed by atoms with van der Waals surface area (Å²) in [6.07, 6.45) is 0. The molecule has 0 bridgehead atoms. The molecule has 1 heterocycles. The van der Waals surface area contributed by atoms with Gasteiger partial charge in [-0.15, -0.1) is 0 Å². The summed E-state index contributed by atoms with van der Waals surface area (Å²) in [5.74, 6) is 0.482. The average Bonchev–Trinajstić information content (AvgIpc) is 2.62. The third-order valence-corrected chi connectivity index (χ3v) is 4.64. The minimum atomic E-state index is -0.269. The highest BCUT2D eigenvalue weighted by atomic mass is 32.2. The molecule has 3 rings (SSSR count). The van der Waals surface area contributed by atoms with Crippen LogP contribution in [0.25, 0.3) is 11.4 Å². The van der Waals surface area contributed by atoms with Crippen molar-refractivity contribution in [2.24, 2.45) is 0 Å². The van der Waals surface area contributed by atoms with Gasteiger partial charge in [-0.25, -0.2) is 4.79 Å². The maximum atomic E-state index is 12.8. The maximum Gasteiger partial charge on any atom is 0.345 e. The lowest BCUT2D eigenvalue weighted by molar-refractivity contribution is -0.690. The van der Waals surface area contributed by atoms with Crippen LogP contribution < -0.4 is 15.2 Å². The van der Waals surface area contributed by atoms with Crippen LogP contribution in [-0.4, -0.2) is 10.3 Å². The predicted molar refractivity (Wildman–Crippen MR) is 94.2 cm³/mol. The van der Waals surface area contributed by atoms with Crippen molar-refractivity contribution in [2.75, 3.05) is 5.75 Å². The standard InChI is InChI=1S/C19H18N2O2S/c1-3-24-19-20(15-10-6-4-7-11-15)17(22)14(2)18(23)21(19)16-12-8-5-9-13-16/h4-13H,3H2,1-2H3. The Morgan fingerprint density at radius 3 is 2.21 bits per heavy atom. The van der Waals surface area contributed by atoms with Crippen LogP contribution in [0.3, 0.4) is 0 Å². The fourth-order valence-electron chi connectivity index (χ4n) is 2.57. The minimum absolute atomic E-state index is 0.211. The molecule has 0 aliphatic heterocycles. The molecule has 0 saturated carbocycles. The van der Waals surface area contributed by atoms with Crippen molar-refractivity contribution in [3.05, 3.63) is 76.6 Å². The first-order chi connectivity index (χ1) is 11.6. The van der Waals surface area contributed by atoms with E-state index in [-0.39, 0.29) is 17.0 Å². The molecule has 0 amide bonds. The molecule has 0 atom stereocenters. The zero-order valence-corrected chi connectivity index (χ0v) is 14.4. The van der Waals surface area contributed by atoms with E-state index in [2.05, 4.69) is 0 Å². The van der Waals surface area contributed by atoms with Gasteiger partial charge >= 0.3 is 10.7 Å². The number of thioether (sulfide) groups is 1. The number of rotatable bonds is 4. The first-order valence-corrected chi connectivity index (χ1v) is 8.76. The van der Waals surface area contributed by atoms with Crippen molar-refractivity contribution in [2.45, 2.75) is 19.0 Å². The molecule has 0 aliphatic rings. The zero-order valence-electron chi connectivity index (χ0n) is 13.6. The first-order valence-electron chi connectivity index (χ1n) is 7.77. The van der Waals surface area contributed by atoms with E-state index in [0.29, 0.717) is 5.16 Å². The second-order valence-corrected chi connectivity index (χ2v) is 6.52. The third kappa shape index (κ3) is 2.83. The average molecular weight is 338 g/mol. The van der Waals surface area contributed by atoms with Gasteiger partial charge in [0.1, 0.15) is 11.4 Å². The quantitative estimate of drug-likeness (QED) is 0.417. The van der Waals surface area contributed by atoms with Gasteiger partial charge in [0.2, 0.25) is 0 Å². The SMILES string of the molecule is CCSc1n(-c2ccccc2)c(=O)c(C)c([O-])[n+]1-c1ccccc1. The summed E-state index contributed by atoms with van der Waals surface area (Å²) >= 11 is 1.48. The Bertz CT molecular complexity index is 906. The van der Waals surface area contributed by atoms with E-state index in [1.54, 1.807) is 16.1 Å². The normalized spacial score (nSPS) is 10.8. The molecule has 0 aliphatic carbocycles. The second kappa shape index (κ2) is 6.93. The Balaban J connectivity index is 2.42. The summed E-state index contributed by atoms with van der Waals surface area (Å²) in [7, 11) is 0. The van der Waals surface area contributed by atoms with Gasteiger partial charge in [-0.2, -0.15) is 9.13 Å². The van der Waals surface area contributed by atoms with Crippen molar-refractivity contribution in [1.29, 1.82) is 0 Å². The van der Waals surface area contributed by atoms with Crippen LogP contribution in [0.1, 0.15) is 12.5 Å². The number of hydrogen-bond donors (Lipinski definition) is 0. The fraction of sp³-hybridized carbons (Fsp3) is 0.158. The van der Waals surface area contributed by atoms with Gasteiger partial charge < -0.3 is 5.11 Å². The van der Waals surface area contributed by atoms with Gasteiger partial charge in [0.25, 0.3) is 0 Å². The van der Waals surface area contributed by atoms with E-state index in [1.807, 2.05) is 67.6 Å². The van der Waals surface area contributed by atoms with Crippen molar-refractivity contribution >= 4 is 11.8 Å². The van der Waals surface area contributed by atoms with Crippen LogP contribution in [0.5, 0.6) is 5.88 Å². The molecule has 3 aromatic rings. The van der Waals surface area contributed by atoms with Gasteiger partial charge in [-0.3, -0.25) is 0 Å². The van der Waals surface area contributed by atoms with Crippen LogP contribution in [0.2, 0.25) is 0 Å². The highest BCUT2D eigenvalue weighted by Crippen LogP contribution is 2.21. The Morgan fingerprint density at radius 2 is 1.62 bits per heavy atom. The molecule has 5 heteroatoms. The van der Waals surface area contributed by atoms with Gasteiger partial charge in [0.05, 0.1) is 11.4 Å². The summed E-state index contributed by atoms with van der Waals surface area (Å²) in [5.41, 5.74) is 1.45. The predicted octanol–water partition coefficient (Wildman–Crippen LogP) is 2.61. The highest BCUT2D eigenvalue weighted by Gasteiger charge is 2.25. The number of nitrogens with zero attached hydrogens (tertiary/aromatic N) is 2. The molecule has 0 spiro atoms. The molecule has 1 aromatic heterocycles. The lowest BCUT2D eigenvalue weighted by Crippen LogP contribution is -2.45. The molecule has 24 heavy (non-hydrogen) atoms. The Kier molecular flexibility index (Phi) is 4.71. The highest BCUT2D eigenvalue weighted by molar-refractivity contribution is 7.99. The number of hydrogen-bond acceptors (Lipinski definition) is 3. The summed E-state index contributed by atoms with van der Waals surface area (Å²) in [6, 6.07) is 18.8. The summed E-state index contributed by atoms with van der Waals surface area (Å²) < 4.78 is 3.25. The molecular formula is C19H18N2O2S. The second-order valence-electron chi connectivity index (χ2n) is 5.29. The largest absolute Gasteiger partial charge is 0.842 e. The van der Waals surface area contributed by atoms with Crippen LogP contribution in [0.4, 0.5) is 0 Å². The number of aromatic nitrogens is 2. The van der Waals surface area contributed by atoms with E-state index in [4.69, 9.17) is 0 Å². The Morgan fingerprint density at radius 1 is 1.04 bits per heavy atom. The Labute approximate surface area is 145 Å². The topological polar surface area (TPSA) is 48.9 Å². The molecular weight excluding hydrogens is 320 g/mol. The van der Waals surface area contributed by atoms with Crippen LogP contribution in [0.15, 0.2) is 70.6 Å². The minimum Gasteiger partial charge on any atom is -0.842 e. The van der Waals surface area contributed by atoms with Crippen LogP contribution in [-0.2, 0) is 0 Å². The lowest BCUT2D eigenvalue weighted by Gasteiger charge is -2.18. The fourth-order valence-corrected chi connectivity index (χ4v) is 3.46. The van der Waals surface area contributed by atoms with Crippen molar-refractivity contribution < 1.29 is 9.67 Å². The summed E-state index contributed by atoms with van der Waals surface area (Å²) in [5, 5.41) is 13.4. The van der Waals surface area contributed by atoms with Crippen LogP contribution >= 0.6 is 11.8 Å². The van der Waals surface area contributed by atoms with E-state index in [9.17, 15) is 9.90 Å².